The van der Waals surface area contributed by atoms with Gasteiger partial charge in [-0.25, -0.2) is 4.90 Å². The Hall–Kier alpha value is -3.13. The van der Waals surface area contributed by atoms with Crippen LogP contribution in [0.25, 0.3) is 5.57 Å². The molecule has 2 heterocycles. The number of carbonyl (C=O) groups excluding carboxylic acids is 2. The molecular formula is C25H26F3N3O2. The molecule has 1 fully saturated rings. The van der Waals surface area contributed by atoms with E-state index in [9.17, 15) is 22.8 Å². The molecule has 1 saturated heterocycles. The molecule has 8 heteroatoms. The van der Waals surface area contributed by atoms with Crippen molar-refractivity contribution in [1.82, 2.24) is 9.80 Å². The van der Waals surface area contributed by atoms with Gasteiger partial charge in [0.1, 0.15) is 5.70 Å². The number of alkyl halides is 3. The number of carbonyl (C=O) groups is 2. The van der Waals surface area contributed by atoms with Gasteiger partial charge in [0, 0.05) is 26.2 Å². The number of aryl methyl sites for hydroxylation is 2. The number of amides is 2. The van der Waals surface area contributed by atoms with Crippen LogP contribution >= 0.6 is 0 Å². The Morgan fingerprint density at radius 1 is 0.909 bits per heavy atom. The van der Waals surface area contributed by atoms with E-state index >= 15 is 0 Å². The fourth-order valence-corrected chi connectivity index (χ4v) is 4.49. The van der Waals surface area contributed by atoms with Crippen LogP contribution in [-0.2, 0) is 15.8 Å². The van der Waals surface area contributed by atoms with E-state index in [2.05, 4.69) is 11.8 Å². The zero-order chi connectivity index (χ0) is 23.9. The number of likely N-dealkylation sites (N-methyl/N-ethyl adjacent to an activating group) is 1. The molecule has 0 saturated carbocycles. The average molecular weight is 457 g/mol. The Kier molecular flexibility index (Phi) is 6.05. The molecule has 174 valence electrons. The number of halogens is 3. The van der Waals surface area contributed by atoms with Crippen LogP contribution in [0.4, 0.5) is 18.9 Å². The molecule has 0 unspecified atom stereocenters. The summed E-state index contributed by atoms with van der Waals surface area (Å²) in [7, 11) is 0. The molecule has 0 atom stereocenters. The van der Waals surface area contributed by atoms with Crippen molar-refractivity contribution in [3.05, 3.63) is 70.4 Å². The molecule has 0 radical (unpaired) electrons. The second-order valence-electron chi connectivity index (χ2n) is 8.46. The summed E-state index contributed by atoms with van der Waals surface area (Å²) in [5.74, 6) is -1.18. The number of rotatable bonds is 4. The summed E-state index contributed by atoms with van der Waals surface area (Å²) in [6.07, 6.45) is -4.58. The van der Waals surface area contributed by atoms with Gasteiger partial charge in [0.2, 0.25) is 0 Å². The van der Waals surface area contributed by atoms with Gasteiger partial charge in [0.25, 0.3) is 11.8 Å². The lowest BCUT2D eigenvalue weighted by atomic mass is 9.97. The highest BCUT2D eigenvalue weighted by Gasteiger charge is 2.44. The molecular weight excluding hydrogens is 431 g/mol. The number of nitrogens with zero attached hydrogens (tertiary/aromatic N) is 3. The molecule has 2 aromatic rings. The first-order chi connectivity index (χ1) is 15.6. The number of imide groups is 1. The Morgan fingerprint density at radius 3 is 2.21 bits per heavy atom. The zero-order valence-corrected chi connectivity index (χ0v) is 18.9. The first kappa shape index (κ1) is 23.0. The van der Waals surface area contributed by atoms with Crippen LogP contribution in [0.5, 0.6) is 0 Å². The number of hydrogen-bond acceptors (Lipinski definition) is 4. The lowest BCUT2D eigenvalue weighted by Crippen LogP contribution is -2.47. The van der Waals surface area contributed by atoms with Crippen molar-refractivity contribution in [3.63, 3.8) is 0 Å². The minimum absolute atomic E-state index is 0.0794. The lowest BCUT2D eigenvalue weighted by molar-refractivity contribution is -0.137. The molecule has 2 aliphatic rings. The van der Waals surface area contributed by atoms with Crippen LogP contribution in [-0.4, -0.2) is 54.3 Å². The van der Waals surface area contributed by atoms with Crippen LogP contribution < -0.4 is 4.90 Å². The molecule has 33 heavy (non-hydrogen) atoms. The predicted molar refractivity (Wildman–Crippen MR) is 120 cm³/mol. The normalized spacial score (nSPS) is 18.0. The molecule has 2 aromatic carbocycles. The fourth-order valence-electron chi connectivity index (χ4n) is 4.49. The summed E-state index contributed by atoms with van der Waals surface area (Å²) >= 11 is 0. The third-order valence-corrected chi connectivity index (χ3v) is 6.28. The molecule has 0 aliphatic carbocycles. The average Bonchev–Trinajstić information content (AvgIpc) is 3.03. The second-order valence-corrected chi connectivity index (χ2v) is 8.46. The van der Waals surface area contributed by atoms with Gasteiger partial charge in [0.05, 0.1) is 16.8 Å². The van der Waals surface area contributed by atoms with Crippen LogP contribution in [0.15, 0.2) is 48.2 Å². The Labute approximate surface area is 191 Å². The van der Waals surface area contributed by atoms with Crippen molar-refractivity contribution in [2.75, 3.05) is 37.6 Å². The van der Waals surface area contributed by atoms with Crippen molar-refractivity contribution in [3.8, 4) is 0 Å². The van der Waals surface area contributed by atoms with Crippen molar-refractivity contribution in [1.29, 1.82) is 0 Å². The fraction of sp³-hybridized carbons (Fsp3) is 0.360. The first-order valence-electron chi connectivity index (χ1n) is 11.0. The summed E-state index contributed by atoms with van der Waals surface area (Å²) in [6, 6.07) is 9.97. The third kappa shape index (κ3) is 4.27. The van der Waals surface area contributed by atoms with Gasteiger partial charge in [-0.15, -0.1) is 0 Å². The maximum absolute atomic E-state index is 13.6. The van der Waals surface area contributed by atoms with E-state index in [1.54, 1.807) is 0 Å². The van der Waals surface area contributed by atoms with Gasteiger partial charge in [0.15, 0.2) is 0 Å². The van der Waals surface area contributed by atoms with Crippen LogP contribution in [0.3, 0.4) is 0 Å². The Bertz CT molecular complexity index is 1130. The van der Waals surface area contributed by atoms with E-state index in [4.69, 9.17) is 0 Å². The van der Waals surface area contributed by atoms with Crippen LogP contribution in [0, 0.1) is 13.8 Å². The van der Waals surface area contributed by atoms with Crippen molar-refractivity contribution < 1.29 is 22.8 Å². The van der Waals surface area contributed by atoms with Gasteiger partial charge < -0.3 is 9.80 Å². The summed E-state index contributed by atoms with van der Waals surface area (Å²) < 4.78 is 39.9. The van der Waals surface area contributed by atoms with E-state index in [-0.39, 0.29) is 17.0 Å². The van der Waals surface area contributed by atoms with Crippen molar-refractivity contribution >= 4 is 23.1 Å². The number of anilines is 1. The lowest BCUT2D eigenvalue weighted by Gasteiger charge is -2.36. The number of piperazine rings is 1. The topological polar surface area (TPSA) is 43.9 Å². The SMILES string of the molecule is CCN1CCN(C2=C(c3ccc(C)cc3C)C(=O)N(c3cccc(C(F)(F)F)c3)C2=O)CC1. The summed E-state index contributed by atoms with van der Waals surface area (Å²) in [5, 5.41) is 0. The summed E-state index contributed by atoms with van der Waals surface area (Å²) in [5.41, 5.74) is 2.01. The van der Waals surface area contributed by atoms with Gasteiger partial charge in [-0.3, -0.25) is 9.59 Å². The highest BCUT2D eigenvalue weighted by Crippen LogP contribution is 2.38. The van der Waals surface area contributed by atoms with Crippen LogP contribution in [0.1, 0.15) is 29.2 Å². The molecule has 0 aromatic heterocycles. The van der Waals surface area contributed by atoms with Crippen molar-refractivity contribution in [2.24, 2.45) is 0 Å². The smallest absolute Gasteiger partial charge is 0.364 e. The van der Waals surface area contributed by atoms with E-state index < -0.39 is 23.6 Å². The molecule has 5 nitrogen and oxygen atoms in total. The van der Waals surface area contributed by atoms with Gasteiger partial charge in [-0.05, 0) is 49.7 Å². The molecule has 0 spiro atoms. The number of hydrogen-bond donors (Lipinski definition) is 0. The van der Waals surface area contributed by atoms with Gasteiger partial charge >= 0.3 is 6.18 Å². The van der Waals surface area contributed by atoms with Gasteiger partial charge in [-0.2, -0.15) is 13.2 Å². The second kappa shape index (κ2) is 8.67. The quantitative estimate of drug-likeness (QED) is 0.645. The number of benzene rings is 2. The maximum Gasteiger partial charge on any atom is 0.416 e. The minimum Gasteiger partial charge on any atom is -0.364 e. The first-order valence-corrected chi connectivity index (χ1v) is 11.0. The largest absolute Gasteiger partial charge is 0.416 e. The third-order valence-electron chi connectivity index (χ3n) is 6.28. The monoisotopic (exact) mass is 457 g/mol. The standard InChI is InChI=1S/C25H26F3N3O2/c1-4-29-10-12-30(13-11-29)22-21(20-9-8-16(2)14-17(20)3)23(32)31(24(22)33)19-7-5-6-18(15-19)25(26,27)28/h5-9,14-15H,4,10-13H2,1-3H3. The summed E-state index contributed by atoms with van der Waals surface area (Å²) in [6.45, 7) is 9.37. The van der Waals surface area contributed by atoms with E-state index in [0.29, 0.717) is 18.7 Å². The molecule has 2 aliphatic heterocycles. The molecule has 4 rings (SSSR count). The van der Waals surface area contributed by atoms with E-state index in [1.807, 2.05) is 36.9 Å². The Morgan fingerprint density at radius 2 is 1.61 bits per heavy atom. The van der Waals surface area contributed by atoms with E-state index in [0.717, 1.165) is 47.8 Å². The van der Waals surface area contributed by atoms with Crippen LogP contribution in [0.2, 0.25) is 0 Å². The zero-order valence-electron chi connectivity index (χ0n) is 18.9. The highest BCUT2D eigenvalue weighted by atomic mass is 19.4. The molecule has 2 amide bonds. The maximum atomic E-state index is 13.6. The predicted octanol–water partition coefficient (Wildman–Crippen LogP) is 4.24. The van der Waals surface area contributed by atoms with Crippen molar-refractivity contribution in [2.45, 2.75) is 26.9 Å². The summed E-state index contributed by atoms with van der Waals surface area (Å²) in [4.78, 5) is 32.2. The highest BCUT2D eigenvalue weighted by molar-refractivity contribution is 6.45. The Balaban J connectivity index is 1.81. The molecule has 0 N–H and O–H groups in total. The van der Waals surface area contributed by atoms with Gasteiger partial charge in [-0.1, -0.05) is 36.8 Å². The van der Waals surface area contributed by atoms with E-state index in [1.165, 1.54) is 12.1 Å². The molecule has 0 bridgehead atoms. The minimum atomic E-state index is -4.58.